The molecule has 0 aromatic rings. The molecule has 0 spiro atoms. The zero-order valence-electron chi connectivity index (χ0n) is 45.5. The van der Waals surface area contributed by atoms with Gasteiger partial charge in [-0.15, -0.1) is 0 Å². The first-order chi connectivity index (χ1) is 34.2. The van der Waals surface area contributed by atoms with Crippen LogP contribution in [0.25, 0.3) is 0 Å². The van der Waals surface area contributed by atoms with Crippen molar-refractivity contribution in [2.24, 2.45) is 0 Å². The molecule has 0 aliphatic rings. The van der Waals surface area contributed by atoms with Crippen LogP contribution in [0.1, 0.15) is 277 Å². The van der Waals surface area contributed by atoms with Crippen LogP contribution in [0.15, 0.2) is 109 Å². The number of nitrogens with one attached hydrogen (secondary N) is 1. The smallest absolute Gasteiger partial charge is 0.220 e. The van der Waals surface area contributed by atoms with Crippen LogP contribution in [0.5, 0.6) is 0 Å². The van der Waals surface area contributed by atoms with Gasteiger partial charge in [0.05, 0.1) is 18.8 Å². The number of hydrogen-bond donors (Lipinski definition) is 3. The van der Waals surface area contributed by atoms with Crippen molar-refractivity contribution in [2.45, 2.75) is 289 Å². The average molecular weight is 957 g/mol. The molecule has 0 aliphatic carbocycles. The van der Waals surface area contributed by atoms with E-state index in [1.807, 2.05) is 6.08 Å². The number of carbonyl (C=O) groups is 1. The average Bonchev–Trinajstić information content (AvgIpc) is 3.35. The van der Waals surface area contributed by atoms with Gasteiger partial charge in [-0.25, -0.2) is 0 Å². The van der Waals surface area contributed by atoms with Gasteiger partial charge < -0.3 is 15.5 Å². The summed E-state index contributed by atoms with van der Waals surface area (Å²) in [6.07, 6.45) is 89.8. The minimum atomic E-state index is -0.875. The van der Waals surface area contributed by atoms with E-state index in [0.717, 1.165) is 77.0 Å². The first-order valence-corrected chi connectivity index (χ1v) is 29.6. The minimum Gasteiger partial charge on any atom is -0.394 e. The first-order valence-electron chi connectivity index (χ1n) is 29.6. The van der Waals surface area contributed by atoms with Crippen LogP contribution in [0, 0.1) is 0 Å². The highest BCUT2D eigenvalue weighted by atomic mass is 16.3. The molecule has 4 nitrogen and oxygen atoms in total. The fourth-order valence-electron chi connectivity index (χ4n) is 8.51. The third-order valence-electron chi connectivity index (χ3n) is 13.0. The lowest BCUT2D eigenvalue weighted by molar-refractivity contribution is -0.123. The summed E-state index contributed by atoms with van der Waals surface area (Å²) in [5, 5.41) is 23.1. The van der Waals surface area contributed by atoms with Crippen LogP contribution in [0.4, 0.5) is 0 Å². The van der Waals surface area contributed by atoms with E-state index in [4.69, 9.17) is 0 Å². The van der Waals surface area contributed by atoms with E-state index in [9.17, 15) is 15.0 Å². The highest BCUT2D eigenvalue weighted by molar-refractivity contribution is 5.76. The predicted octanol–water partition coefficient (Wildman–Crippen LogP) is 19.9. The Balaban J connectivity index is 3.54. The molecule has 2 unspecified atom stereocenters. The molecular weight excluding hydrogens is 843 g/mol. The maximum Gasteiger partial charge on any atom is 0.220 e. The summed E-state index contributed by atoms with van der Waals surface area (Å²) in [5.41, 5.74) is 0. The van der Waals surface area contributed by atoms with Crippen LogP contribution in [-0.2, 0) is 4.79 Å². The van der Waals surface area contributed by atoms with E-state index >= 15 is 0 Å². The minimum absolute atomic E-state index is 0.0783. The van der Waals surface area contributed by atoms with E-state index in [-0.39, 0.29) is 12.5 Å². The van der Waals surface area contributed by atoms with Gasteiger partial charge in [-0.1, -0.05) is 284 Å². The standard InChI is InChI=1S/C65H113NO3/c1-3-5-7-9-11-13-15-17-19-21-23-25-26-27-28-29-30-31-32-33-34-35-36-37-38-39-40-41-43-45-47-49-51-53-55-57-59-61-65(69)66-63(62-67)64(68)60-58-56-54-52-50-48-46-44-42-24-22-20-18-16-14-12-10-8-6-4-2/h5,7,11,13,17,19,23,25,27-28,30-31,42,44,50,52,58,60,63-64,67-68H,3-4,6,8-10,12,14-16,18,20-22,24,26,29,32-41,43,45-49,51,53-57,59,61-62H2,1-2H3,(H,66,69)/b7-5-,13-11-,19-17-,25-23-,28-27-,31-30-,44-42+,52-50+,60-58+. The monoisotopic (exact) mass is 956 g/mol. The van der Waals surface area contributed by atoms with Gasteiger partial charge in [0.25, 0.3) is 0 Å². The molecule has 0 radical (unpaired) electrons. The lowest BCUT2D eigenvalue weighted by atomic mass is 10.0. The van der Waals surface area contributed by atoms with Crippen molar-refractivity contribution in [1.29, 1.82) is 0 Å². The van der Waals surface area contributed by atoms with Gasteiger partial charge in [0.1, 0.15) is 0 Å². The molecule has 0 aliphatic heterocycles. The highest BCUT2D eigenvalue weighted by Crippen LogP contribution is 2.16. The Morgan fingerprint density at radius 2 is 0.652 bits per heavy atom. The SMILES string of the molecule is CC/C=C\C/C=C\C/C=C\C/C=C\C/C=C\C/C=C\CCCCCCCCCCCCCCCCCCCCC(=O)NC(CO)C(O)/C=C/CC/C=C/CC/C=C/CCCCCCCCCCCC. The summed E-state index contributed by atoms with van der Waals surface area (Å²) >= 11 is 0. The third-order valence-corrected chi connectivity index (χ3v) is 13.0. The molecule has 0 aromatic carbocycles. The number of aliphatic hydroxyl groups excluding tert-OH is 2. The Morgan fingerprint density at radius 3 is 1.01 bits per heavy atom. The molecular formula is C65H113NO3. The highest BCUT2D eigenvalue weighted by Gasteiger charge is 2.18. The third kappa shape index (κ3) is 55.8. The molecule has 0 fully saturated rings. The lowest BCUT2D eigenvalue weighted by Crippen LogP contribution is -2.45. The number of aliphatic hydroxyl groups is 2. The van der Waals surface area contributed by atoms with Gasteiger partial charge in [0.15, 0.2) is 0 Å². The van der Waals surface area contributed by atoms with Crippen molar-refractivity contribution in [3.05, 3.63) is 109 Å². The molecule has 4 heteroatoms. The van der Waals surface area contributed by atoms with E-state index in [1.54, 1.807) is 6.08 Å². The Morgan fingerprint density at radius 1 is 0.362 bits per heavy atom. The van der Waals surface area contributed by atoms with Crippen molar-refractivity contribution >= 4 is 5.91 Å². The Kier molecular flexibility index (Phi) is 56.8. The Bertz CT molecular complexity index is 1310. The molecule has 0 saturated carbocycles. The summed E-state index contributed by atoms with van der Waals surface area (Å²) in [5.74, 6) is -0.0783. The lowest BCUT2D eigenvalue weighted by Gasteiger charge is -2.19. The van der Waals surface area contributed by atoms with Crippen molar-refractivity contribution in [2.75, 3.05) is 6.61 Å². The van der Waals surface area contributed by atoms with Crippen LogP contribution in [-0.4, -0.2) is 34.9 Å². The van der Waals surface area contributed by atoms with Crippen LogP contribution >= 0.6 is 0 Å². The van der Waals surface area contributed by atoms with Crippen molar-refractivity contribution in [1.82, 2.24) is 5.32 Å². The number of hydrogen-bond acceptors (Lipinski definition) is 3. The molecule has 0 heterocycles. The maximum atomic E-state index is 12.5. The zero-order chi connectivity index (χ0) is 49.9. The van der Waals surface area contributed by atoms with E-state index in [2.05, 4.69) is 116 Å². The summed E-state index contributed by atoms with van der Waals surface area (Å²) in [6.45, 7) is 4.19. The molecule has 0 saturated heterocycles. The Labute approximate surface area is 429 Å². The van der Waals surface area contributed by atoms with E-state index < -0.39 is 12.1 Å². The van der Waals surface area contributed by atoms with Gasteiger partial charge in [0.2, 0.25) is 5.91 Å². The second-order valence-electron chi connectivity index (χ2n) is 19.7. The van der Waals surface area contributed by atoms with Crippen molar-refractivity contribution in [3.63, 3.8) is 0 Å². The summed E-state index contributed by atoms with van der Waals surface area (Å²) in [6, 6.07) is -0.651. The summed E-state index contributed by atoms with van der Waals surface area (Å²) in [7, 11) is 0. The quantitative estimate of drug-likeness (QED) is 0.0420. The molecule has 0 bridgehead atoms. The fraction of sp³-hybridized carbons (Fsp3) is 0.708. The van der Waals surface area contributed by atoms with E-state index in [0.29, 0.717) is 6.42 Å². The number of rotatable bonds is 53. The number of carbonyl (C=O) groups excluding carboxylic acids is 1. The fourth-order valence-corrected chi connectivity index (χ4v) is 8.51. The molecule has 69 heavy (non-hydrogen) atoms. The molecule has 2 atom stereocenters. The number of unbranched alkanes of at least 4 members (excludes halogenated alkanes) is 30. The number of amides is 1. The van der Waals surface area contributed by atoms with Gasteiger partial charge in [-0.3, -0.25) is 4.79 Å². The Hall–Kier alpha value is -2.95. The topological polar surface area (TPSA) is 69.6 Å². The maximum absolute atomic E-state index is 12.5. The van der Waals surface area contributed by atoms with Crippen LogP contribution in [0.3, 0.4) is 0 Å². The molecule has 1 amide bonds. The van der Waals surface area contributed by atoms with Crippen LogP contribution < -0.4 is 5.32 Å². The summed E-state index contributed by atoms with van der Waals surface area (Å²) < 4.78 is 0. The van der Waals surface area contributed by atoms with Gasteiger partial charge >= 0.3 is 0 Å². The molecule has 0 aromatic heterocycles. The van der Waals surface area contributed by atoms with Gasteiger partial charge in [-0.05, 0) is 96.3 Å². The molecule has 3 N–H and O–H groups in total. The second-order valence-corrected chi connectivity index (χ2v) is 19.7. The number of allylic oxidation sites excluding steroid dienone is 17. The predicted molar refractivity (Wildman–Crippen MR) is 308 cm³/mol. The normalized spacial score (nSPS) is 13.6. The van der Waals surface area contributed by atoms with Crippen molar-refractivity contribution < 1.29 is 15.0 Å². The van der Waals surface area contributed by atoms with Gasteiger partial charge in [-0.2, -0.15) is 0 Å². The largest absolute Gasteiger partial charge is 0.394 e. The van der Waals surface area contributed by atoms with E-state index in [1.165, 1.54) is 180 Å². The van der Waals surface area contributed by atoms with Gasteiger partial charge in [0, 0.05) is 6.42 Å². The molecule has 396 valence electrons. The van der Waals surface area contributed by atoms with Crippen molar-refractivity contribution in [3.8, 4) is 0 Å². The zero-order valence-corrected chi connectivity index (χ0v) is 45.5. The molecule has 0 rings (SSSR count). The first kappa shape index (κ1) is 66.0. The second kappa shape index (κ2) is 59.4. The summed E-state index contributed by atoms with van der Waals surface area (Å²) in [4.78, 5) is 12.5. The van der Waals surface area contributed by atoms with Crippen LogP contribution in [0.2, 0.25) is 0 Å².